The van der Waals surface area contributed by atoms with Gasteiger partial charge >= 0.3 is 256 Å². The normalized spacial score (nSPS) is 28.9. The molecule has 0 heterocycles. The molecule has 8 aliphatic carbocycles. The van der Waals surface area contributed by atoms with Crippen LogP contribution in [0.4, 0.5) is 0 Å². The number of allylic oxidation sites excluding steroid dienone is 4. The molecular weight excluding hydrogens is 599 g/mol. The molecule has 4 bridgehead atoms. The maximum absolute atomic E-state index is 2.87. The monoisotopic (exact) mass is 646 g/mol. The molecular formula is C40H48Cl2Ti. The summed E-state index contributed by atoms with van der Waals surface area (Å²) in [5, 5.41) is 0. The van der Waals surface area contributed by atoms with E-state index in [1.54, 1.807) is 39.8 Å². The minimum Gasteiger partial charge on any atom is -1.00 e. The molecule has 8 aliphatic rings. The molecule has 3 heteroatoms. The van der Waals surface area contributed by atoms with E-state index in [-0.39, 0.29) is 24.8 Å². The molecule has 0 amide bonds. The van der Waals surface area contributed by atoms with Crippen LogP contribution in [0.5, 0.6) is 0 Å². The molecule has 0 radical (unpaired) electrons. The van der Waals surface area contributed by atoms with Gasteiger partial charge < -0.3 is 24.8 Å². The maximum atomic E-state index is 2.87. The molecule has 0 unspecified atom stereocenters. The predicted octanol–water partition coefficient (Wildman–Crippen LogP) is 4.08. The summed E-state index contributed by atoms with van der Waals surface area (Å²) in [6.07, 6.45) is 31.9. The molecule has 43 heavy (non-hydrogen) atoms. The first-order valence-electron chi connectivity index (χ1n) is 17.7. The fourth-order valence-electron chi connectivity index (χ4n) is 11.1. The Bertz CT molecular complexity index is 1440. The number of halogens is 2. The van der Waals surface area contributed by atoms with E-state index in [4.69, 9.17) is 0 Å². The van der Waals surface area contributed by atoms with Crippen LogP contribution in [0.1, 0.15) is 137 Å². The van der Waals surface area contributed by atoms with Gasteiger partial charge in [0.05, 0.1) is 0 Å². The molecule has 0 atom stereocenters. The van der Waals surface area contributed by atoms with Crippen LogP contribution >= 0.6 is 0 Å². The Morgan fingerprint density at radius 3 is 1.86 bits per heavy atom. The van der Waals surface area contributed by atoms with Gasteiger partial charge in [-0.15, -0.1) is 0 Å². The van der Waals surface area contributed by atoms with Gasteiger partial charge in [-0.2, -0.15) is 0 Å². The topological polar surface area (TPSA) is 0 Å². The fourth-order valence-corrected chi connectivity index (χ4v) is 17.0. The fraction of sp³-hybridized carbons (Fsp3) is 0.575. The third kappa shape index (κ3) is 5.47. The summed E-state index contributed by atoms with van der Waals surface area (Å²) in [7, 11) is 0. The Kier molecular flexibility index (Phi) is 9.08. The van der Waals surface area contributed by atoms with Crippen LogP contribution in [-0.2, 0) is 23.8 Å². The average molecular weight is 648 g/mol. The molecule has 0 saturated heterocycles. The van der Waals surface area contributed by atoms with Crippen molar-refractivity contribution in [2.24, 2.45) is 23.7 Å². The molecule has 10 rings (SSSR count). The second-order valence-corrected chi connectivity index (χ2v) is 19.2. The zero-order chi connectivity index (χ0) is 26.9. The smallest absolute Gasteiger partial charge is 1.00 e. The van der Waals surface area contributed by atoms with Crippen molar-refractivity contribution >= 4 is 7.68 Å². The number of benzene rings is 2. The van der Waals surface area contributed by atoms with Gasteiger partial charge in [0.25, 0.3) is 0 Å². The minimum absolute atomic E-state index is 0. The molecule has 2 aromatic rings. The van der Waals surface area contributed by atoms with E-state index >= 15 is 0 Å². The predicted molar refractivity (Wildman–Crippen MR) is 170 cm³/mol. The van der Waals surface area contributed by atoms with Crippen LogP contribution in [-0.4, -0.2) is 3.81 Å². The van der Waals surface area contributed by atoms with E-state index in [0.717, 1.165) is 35.5 Å². The molecule has 6 fully saturated rings. The van der Waals surface area contributed by atoms with Crippen LogP contribution in [0, 0.1) is 23.7 Å². The molecule has 0 nitrogen and oxygen atoms in total. The van der Waals surface area contributed by atoms with Crippen molar-refractivity contribution in [1.82, 2.24) is 0 Å². The summed E-state index contributed by atoms with van der Waals surface area (Å²) in [6, 6.07) is 13.4. The Hall–Kier alpha value is -0.916. The van der Waals surface area contributed by atoms with Gasteiger partial charge in [0.1, 0.15) is 0 Å². The first kappa shape index (κ1) is 30.7. The standard InChI is InChI=1S/C25H29.C10H14.C5H5.2ClH.Ti/c1-3-7-18(8-4-1)20-11-13-22-15-23-14-12-21(17-25(23)24(22)16-20)19-9-5-2-6-10-19;1-7-2-9-4-8(1)5-10(3-7)6-9;1-2-4-5-3-1;;;/h11-13,16-19H,1-10,15H2;7-10H,1-5H2;1-3H,4H2;2*1H;/q;;;;;+2/p-2. The molecule has 0 spiro atoms. The van der Waals surface area contributed by atoms with Gasteiger partial charge in [-0.25, -0.2) is 0 Å². The number of hydrogen-bond donors (Lipinski definition) is 0. The van der Waals surface area contributed by atoms with Crippen molar-refractivity contribution in [3.63, 3.8) is 0 Å². The van der Waals surface area contributed by atoms with Crippen molar-refractivity contribution in [3.05, 3.63) is 74.7 Å². The van der Waals surface area contributed by atoms with E-state index in [1.165, 1.54) is 103 Å². The molecule has 226 valence electrons. The Labute approximate surface area is 278 Å². The van der Waals surface area contributed by atoms with E-state index in [2.05, 4.69) is 52.4 Å². The van der Waals surface area contributed by atoms with Gasteiger partial charge in [-0.05, 0) is 0 Å². The van der Waals surface area contributed by atoms with Crippen LogP contribution in [0.15, 0.2) is 52.4 Å². The van der Waals surface area contributed by atoms with Crippen molar-refractivity contribution in [3.8, 4) is 11.1 Å². The van der Waals surface area contributed by atoms with E-state index in [0.29, 0.717) is 0 Å². The van der Waals surface area contributed by atoms with Crippen molar-refractivity contribution in [2.45, 2.75) is 121 Å². The van der Waals surface area contributed by atoms with Crippen LogP contribution in [0.25, 0.3) is 11.1 Å². The molecule has 6 saturated carbocycles. The summed E-state index contributed by atoms with van der Waals surface area (Å²) in [5.41, 5.74) is 10.1. The Balaban J connectivity index is 0.00000150. The van der Waals surface area contributed by atoms with Crippen LogP contribution < -0.4 is 28.7 Å². The molecule has 2 aromatic carbocycles. The van der Waals surface area contributed by atoms with E-state index < -0.39 is 17.4 Å². The van der Waals surface area contributed by atoms with Crippen molar-refractivity contribution in [1.29, 1.82) is 0 Å². The largest absolute Gasteiger partial charge is 1.00 e. The van der Waals surface area contributed by atoms with Gasteiger partial charge in [0.15, 0.2) is 0 Å². The zero-order valence-corrected chi connectivity index (χ0v) is 28.9. The minimum atomic E-state index is -1.79. The second kappa shape index (κ2) is 12.7. The maximum Gasteiger partial charge on any atom is -1.00 e. The summed E-state index contributed by atoms with van der Waals surface area (Å²) >= 11 is -1.79. The van der Waals surface area contributed by atoms with E-state index in [9.17, 15) is 0 Å². The first-order chi connectivity index (χ1) is 20.3. The first-order valence-corrected chi connectivity index (χ1v) is 20.0. The zero-order valence-electron chi connectivity index (χ0n) is 25.9. The Morgan fingerprint density at radius 1 is 0.605 bits per heavy atom. The number of hydrogen-bond acceptors (Lipinski definition) is 0. The quantitative estimate of drug-likeness (QED) is 0.375. The van der Waals surface area contributed by atoms with Gasteiger partial charge in [-0.1, -0.05) is 0 Å². The number of rotatable bonds is 4. The van der Waals surface area contributed by atoms with Crippen molar-refractivity contribution in [2.75, 3.05) is 0 Å². The number of fused-ring (bicyclic) bond motifs is 3. The summed E-state index contributed by atoms with van der Waals surface area (Å²) in [4.78, 5) is 0. The molecule has 0 aliphatic heterocycles. The van der Waals surface area contributed by atoms with Crippen molar-refractivity contribution < 1.29 is 42.2 Å². The summed E-state index contributed by atoms with van der Waals surface area (Å²) in [6.45, 7) is 0. The van der Waals surface area contributed by atoms with Crippen LogP contribution in [0.3, 0.4) is 0 Å². The second-order valence-electron chi connectivity index (χ2n) is 15.3. The van der Waals surface area contributed by atoms with Gasteiger partial charge in [0, 0.05) is 0 Å². The van der Waals surface area contributed by atoms with Crippen LogP contribution in [0.2, 0.25) is 0 Å². The van der Waals surface area contributed by atoms with E-state index in [1.807, 2.05) is 7.75 Å². The average Bonchev–Trinajstić information content (AvgIpc) is 3.67. The molecule has 0 N–H and O–H groups in total. The third-order valence-electron chi connectivity index (χ3n) is 12.9. The summed E-state index contributed by atoms with van der Waals surface area (Å²) < 4.78 is 5.96. The third-order valence-corrected chi connectivity index (χ3v) is 18.2. The summed E-state index contributed by atoms with van der Waals surface area (Å²) in [5.74, 6) is 5.60. The SMILES string of the molecule is C1=CC[C]([Ti+2](=[C]2C3CC4CC(C3)CC2C4)[c]2cc(C3CCCCC3)cc3c2Cc2ccc(C4CCCCC4)cc2-3)=C1.[Cl-].[Cl-]. The van der Waals surface area contributed by atoms with Gasteiger partial charge in [-0.3, -0.25) is 0 Å². The van der Waals surface area contributed by atoms with Gasteiger partial charge in [0.2, 0.25) is 0 Å². The Morgan fingerprint density at radius 2 is 1.23 bits per heavy atom. The molecule has 0 aromatic heterocycles.